The van der Waals surface area contributed by atoms with Crippen molar-refractivity contribution in [2.45, 2.75) is 97.3 Å². The third-order valence-electron chi connectivity index (χ3n) is 5.04. The summed E-state index contributed by atoms with van der Waals surface area (Å²) in [5.74, 6) is 0.218. The molecule has 0 atom stereocenters. The standard InChI is InChI=1S/C22H44NO/c1-6-7-8-9-10-11-12-13-14-15-16-17-19-23(4,5)20-18-22(24)21(2)3/h2,6-20H2,1,3-5H3/q+1. The Labute approximate surface area is 152 Å². The second-order valence-corrected chi connectivity index (χ2v) is 8.23. The molecule has 0 aliphatic rings. The molecule has 2 heteroatoms. The topological polar surface area (TPSA) is 17.1 Å². The lowest BCUT2D eigenvalue weighted by molar-refractivity contribution is -0.889. The van der Waals surface area contributed by atoms with Gasteiger partial charge in [-0.25, -0.2) is 0 Å². The Bertz CT molecular complexity index is 333. The van der Waals surface area contributed by atoms with Crippen LogP contribution in [0.4, 0.5) is 0 Å². The van der Waals surface area contributed by atoms with Crippen molar-refractivity contribution in [3.05, 3.63) is 12.2 Å². The van der Waals surface area contributed by atoms with Gasteiger partial charge >= 0.3 is 0 Å². The third kappa shape index (κ3) is 14.9. The van der Waals surface area contributed by atoms with E-state index in [-0.39, 0.29) is 5.78 Å². The molecule has 142 valence electrons. The number of rotatable bonds is 17. The summed E-state index contributed by atoms with van der Waals surface area (Å²) in [5.41, 5.74) is 0.695. The van der Waals surface area contributed by atoms with E-state index in [0.717, 1.165) is 11.0 Å². The van der Waals surface area contributed by atoms with Gasteiger partial charge in [0.15, 0.2) is 5.78 Å². The van der Waals surface area contributed by atoms with Crippen LogP contribution in [0.3, 0.4) is 0 Å². The smallest absolute Gasteiger partial charge is 0.163 e. The second-order valence-electron chi connectivity index (χ2n) is 8.23. The minimum Gasteiger partial charge on any atom is -0.328 e. The van der Waals surface area contributed by atoms with Gasteiger partial charge in [-0.15, -0.1) is 0 Å². The Balaban J connectivity index is 3.42. The highest BCUT2D eigenvalue weighted by Crippen LogP contribution is 2.13. The Morgan fingerprint density at radius 1 is 0.750 bits per heavy atom. The average Bonchev–Trinajstić information content (AvgIpc) is 2.53. The molecule has 2 nitrogen and oxygen atoms in total. The second kappa shape index (κ2) is 14.7. The van der Waals surface area contributed by atoms with Crippen molar-refractivity contribution in [1.29, 1.82) is 0 Å². The molecule has 0 aliphatic carbocycles. The highest BCUT2D eigenvalue weighted by molar-refractivity contribution is 5.94. The molecule has 0 aromatic heterocycles. The molecule has 0 aromatic carbocycles. The zero-order valence-corrected chi connectivity index (χ0v) is 17.2. The average molecular weight is 339 g/mol. The molecule has 0 rings (SSSR count). The van der Waals surface area contributed by atoms with Crippen molar-refractivity contribution in [1.82, 2.24) is 0 Å². The van der Waals surface area contributed by atoms with Crippen molar-refractivity contribution >= 4 is 5.78 Å². The van der Waals surface area contributed by atoms with Crippen LogP contribution in [0.15, 0.2) is 12.2 Å². The molecule has 0 saturated carbocycles. The molecule has 0 aromatic rings. The van der Waals surface area contributed by atoms with E-state index in [1.807, 2.05) is 6.92 Å². The Kier molecular flexibility index (Phi) is 14.3. The van der Waals surface area contributed by atoms with Crippen LogP contribution in [0.25, 0.3) is 0 Å². The van der Waals surface area contributed by atoms with Crippen LogP contribution in [0.2, 0.25) is 0 Å². The van der Waals surface area contributed by atoms with E-state index in [0.29, 0.717) is 12.0 Å². The van der Waals surface area contributed by atoms with Gasteiger partial charge in [0.1, 0.15) is 0 Å². The molecule has 0 amide bonds. The molecule has 0 saturated heterocycles. The predicted octanol–water partition coefficient (Wildman–Crippen LogP) is 6.30. The van der Waals surface area contributed by atoms with Crippen LogP contribution in [-0.2, 0) is 4.79 Å². The first kappa shape index (κ1) is 23.4. The lowest BCUT2D eigenvalue weighted by Crippen LogP contribution is -2.42. The fraction of sp³-hybridized carbons (Fsp3) is 0.864. The van der Waals surface area contributed by atoms with Gasteiger partial charge in [-0.3, -0.25) is 4.79 Å². The molecule has 0 radical (unpaired) electrons. The maximum absolute atomic E-state index is 11.7. The molecule has 0 spiro atoms. The van der Waals surface area contributed by atoms with Gasteiger partial charge in [0.05, 0.1) is 33.6 Å². The summed E-state index contributed by atoms with van der Waals surface area (Å²) in [6, 6.07) is 0. The summed E-state index contributed by atoms with van der Waals surface area (Å²) in [7, 11) is 4.48. The van der Waals surface area contributed by atoms with Gasteiger partial charge < -0.3 is 4.48 Å². The molecule has 0 unspecified atom stereocenters. The maximum atomic E-state index is 11.7. The lowest BCUT2D eigenvalue weighted by Gasteiger charge is -2.29. The normalized spacial score (nSPS) is 11.7. The van der Waals surface area contributed by atoms with Gasteiger partial charge in [0.25, 0.3) is 0 Å². The number of unbranched alkanes of at least 4 members (excludes halogenated alkanes) is 11. The van der Waals surface area contributed by atoms with Crippen LogP contribution >= 0.6 is 0 Å². The van der Waals surface area contributed by atoms with E-state index in [1.54, 1.807) is 0 Å². The number of Topliss-reactive ketones (excluding diaryl/α,β-unsaturated/α-hetero) is 1. The summed E-state index contributed by atoms with van der Waals surface area (Å²) < 4.78 is 0.955. The molecular weight excluding hydrogens is 294 g/mol. The van der Waals surface area contributed by atoms with Crippen LogP contribution in [-0.4, -0.2) is 37.5 Å². The van der Waals surface area contributed by atoms with E-state index in [4.69, 9.17) is 0 Å². The fourth-order valence-electron chi connectivity index (χ4n) is 3.11. The van der Waals surface area contributed by atoms with E-state index >= 15 is 0 Å². The van der Waals surface area contributed by atoms with Gasteiger partial charge in [-0.2, -0.15) is 0 Å². The highest BCUT2D eigenvalue weighted by atomic mass is 16.1. The largest absolute Gasteiger partial charge is 0.328 e. The summed E-state index contributed by atoms with van der Waals surface area (Å²) in [5, 5.41) is 0. The zero-order valence-electron chi connectivity index (χ0n) is 17.2. The zero-order chi connectivity index (χ0) is 18.3. The first-order valence-corrected chi connectivity index (χ1v) is 10.4. The summed E-state index contributed by atoms with van der Waals surface area (Å²) in [6.45, 7) is 9.94. The molecular formula is C22H44NO+. The quantitative estimate of drug-likeness (QED) is 0.173. The van der Waals surface area contributed by atoms with Crippen LogP contribution in [0.5, 0.6) is 0 Å². The van der Waals surface area contributed by atoms with Crippen LogP contribution in [0, 0.1) is 0 Å². The van der Waals surface area contributed by atoms with Crippen molar-refractivity contribution in [2.24, 2.45) is 0 Å². The van der Waals surface area contributed by atoms with E-state index in [2.05, 4.69) is 27.6 Å². The summed E-state index contributed by atoms with van der Waals surface area (Å²) in [6.07, 6.45) is 17.4. The Morgan fingerprint density at radius 2 is 1.17 bits per heavy atom. The van der Waals surface area contributed by atoms with Gasteiger partial charge in [-0.1, -0.05) is 77.7 Å². The predicted molar refractivity (Wildman–Crippen MR) is 107 cm³/mol. The number of hydrogen-bond donors (Lipinski definition) is 0. The fourth-order valence-corrected chi connectivity index (χ4v) is 3.11. The number of ketones is 1. The lowest BCUT2D eigenvalue weighted by atomic mass is 10.1. The van der Waals surface area contributed by atoms with E-state index in [9.17, 15) is 4.79 Å². The Morgan fingerprint density at radius 3 is 1.58 bits per heavy atom. The van der Waals surface area contributed by atoms with Crippen molar-refractivity contribution in [3.8, 4) is 0 Å². The van der Waals surface area contributed by atoms with Crippen LogP contribution < -0.4 is 0 Å². The SMILES string of the molecule is C=C(C)C(=O)CC[N+](C)(C)CCCCCCCCCCCCCC. The van der Waals surface area contributed by atoms with Crippen LogP contribution in [0.1, 0.15) is 97.3 Å². The van der Waals surface area contributed by atoms with E-state index in [1.165, 1.54) is 83.6 Å². The number of carbonyl (C=O) groups excluding carboxylic acids is 1. The van der Waals surface area contributed by atoms with Gasteiger partial charge in [0.2, 0.25) is 0 Å². The number of nitrogens with zero attached hydrogens (tertiary/aromatic N) is 1. The van der Waals surface area contributed by atoms with Gasteiger partial charge in [-0.05, 0) is 25.3 Å². The van der Waals surface area contributed by atoms with Crippen molar-refractivity contribution < 1.29 is 9.28 Å². The molecule has 0 bridgehead atoms. The number of allylic oxidation sites excluding steroid dienone is 1. The van der Waals surface area contributed by atoms with Crippen molar-refractivity contribution in [3.63, 3.8) is 0 Å². The van der Waals surface area contributed by atoms with Gasteiger partial charge in [0, 0.05) is 0 Å². The minimum absolute atomic E-state index is 0.218. The summed E-state index contributed by atoms with van der Waals surface area (Å²) >= 11 is 0. The number of quaternary nitrogens is 1. The first-order valence-electron chi connectivity index (χ1n) is 10.4. The number of hydrogen-bond acceptors (Lipinski definition) is 1. The monoisotopic (exact) mass is 338 g/mol. The molecule has 0 aliphatic heterocycles. The highest BCUT2D eigenvalue weighted by Gasteiger charge is 2.16. The van der Waals surface area contributed by atoms with Crippen molar-refractivity contribution in [2.75, 3.05) is 27.2 Å². The van der Waals surface area contributed by atoms with E-state index < -0.39 is 0 Å². The maximum Gasteiger partial charge on any atom is 0.163 e. The molecule has 0 fully saturated rings. The summed E-state index contributed by atoms with van der Waals surface area (Å²) in [4.78, 5) is 11.7. The Hall–Kier alpha value is -0.630. The third-order valence-corrected chi connectivity index (χ3v) is 5.04. The first-order chi connectivity index (χ1) is 11.4. The number of carbonyl (C=O) groups is 1. The molecule has 0 heterocycles. The minimum atomic E-state index is 0.218. The molecule has 24 heavy (non-hydrogen) atoms. The molecule has 0 N–H and O–H groups in total.